The highest BCUT2D eigenvalue weighted by Crippen LogP contribution is 2.36. The average molecular weight is 525 g/mol. The number of amides is 1. The minimum Gasteiger partial charge on any atom is -0.477 e. The molecule has 2 fully saturated rings. The molecule has 1 saturated heterocycles. The summed E-state index contributed by atoms with van der Waals surface area (Å²) in [5, 5.41) is 2.60. The minimum absolute atomic E-state index is 0.0252. The lowest BCUT2D eigenvalue weighted by atomic mass is 9.76. The fourth-order valence-corrected chi connectivity index (χ4v) is 5.54. The molecular formula is C25H28N6O5S. The molecule has 0 bridgehead atoms. The van der Waals surface area contributed by atoms with Gasteiger partial charge in [-0.25, -0.2) is 23.4 Å². The van der Waals surface area contributed by atoms with Crippen molar-refractivity contribution in [3.05, 3.63) is 54.6 Å². The van der Waals surface area contributed by atoms with Crippen LogP contribution in [0.15, 0.2) is 48.9 Å². The molecule has 12 heteroatoms. The van der Waals surface area contributed by atoms with Crippen LogP contribution in [-0.4, -0.2) is 59.3 Å². The zero-order chi connectivity index (χ0) is 25.9. The van der Waals surface area contributed by atoms with Crippen LogP contribution in [0.25, 0.3) is 11.3 Å². The van der Waals surface area contributed by atoms with Gasteiger partial charge in [-0.15, -0.1) is 0 Å². The molecule has 0 radical (unpaired) electrons. The van der Waals surface area contributed by atoms with Crippen LogP contribution in [-0.2, 0) is 25.0 Å². The van der Waals surface area contributed by atoms with Gasteiger partial charge in [0.2, 0.25) is 27.8 Å². The van der Waals surface area contributed by atoms with Crippen LogP contribution < -0.4 is 14.8 Å². The lowest BCUT2D eigenvalue weighted by Gasteiger charge is -2.35. The molecule has 1 aliphatic carbocycles. The molecule has 1 saturated carbocycles. The number of carbonyl (C=O) groups is 1. The molecule has 3 aromatic rings. The standard InChI is InChI=1S/C25H28N6O5S/c1-2-36-22-16-26-15-20(29-22)17-3-5-18(6-4-17)28-23(32)25(10-13-35-14-11-25)21-9-12-27-24(30-21)31-37(33,34)19-7-8-19/h3-6,9,12,15-16,19H,2,7-8,10-11,13-14H2,1H3,(H,28,32)(H,27,30,31). The van der Waals surface area contributed by atoms with Gasteiger partial charge in [0.15, 0.2) is 0 Å². The van der Waals surface area contributed by atoms with E-state index in [0.717, 1.165) is 5.56 Å². The fraction of sp³-hybridized carbons (Fsp3) is 0.400. The third-order valence-corrected chi connectivity index (χ3v) is 8.28. The highest BCUT2D eigenvalue weighted by Gasteiger charge is 2.44. The van der Waals surface area contributed by atoms with Crippen molar-refractivity contribution in [2.45, 2.75) is 43.3 Å². The number of hydrogen-bond acceptors (Lipinski definition) is 9. The lowest BCUT2D eigenvalue weighted by molar-refractivity contribution is -0.125. The third-order valence-electron chi connectivity index (χ3n) is 6.47. The first-order chi connectivity index (χ1) is 17.9. The van der Waals surface area contributed by atoms with E-state index >= 15 is 0 Å². The predicted octanol–water partition coefficient (Wildman–Crippen LogP) is 2.92. The Morgan fingerprint density at radius 2 is 1.86 bits per heavy atom. The molecule has 1 aliphatic heterocycles. The van der Waals surface area contributed by atoms with E-state index in [1.54, 1.807) is 30.6 Å². The van der Waals surface area contributed by atoms with E-state index in [1.165, 1.54) is 6.20 Å². The Bertz CT molecular complexity index is 1370. The van der Waals surface area contributed by atoms with E-state index in [2.05, 4.69) is 30.0 Å². The quantitative estimate of drug-likeness (QED) is 0.431. The number of aromatic nitrogens is 4. The summed E-state index contributed by atoms with van der Waals surface area (Å²) in [7, 11) is -3.53. The summed E-state index contributed by atoms with van der Waals surface area (Å²) in [5.41, 5.74) is 1.56. The van der Waals surface area contributed by atoms with E-state index in [4.69, 9.17) is 9.47 Å². The van der Waals surface area contributed by atoms with Crippen molar-refractivity contribution in [1.82, 2.24) is 19.9 Å². The number of anilines is 2. The molecule has 0 spiro atoms. The van der Waals surface area contributed by atoms with Gasteiger partial charge < -0.3 is 14.8 Å². The van der Waals surface area contributed by atoms with E-state index in [0.29, 0.717) is 68.5 Å². The number of hydrogen-bond donors (Lipinski definition) is 2. The molecule has 37 heavy (non-hydrogen) atoms. The van der Waals surface area contributed by atoms with Crippen molar-refractivity contribution >= 4 is 27.6 Å². The second kappa shape index (κ2) is 10.4. The van der Waals surface area contributed by atoms with Gasteiger partial charge in [-0.1, -0.05) is 12.1 Å². The maximum atomic E-state index is 13.7. The van der Waals surface area contributed by atoms with Gasteiger partial charge in [-0.2, -0.15) is 0 Å². The lowest BCUT2D eigenvalue weighted by Crippen LogP contribution is -2.45. The van der Waals surface area contributed by atoms with Gasteiger partial charge in [-0.05, 0) is 50.8 Å². The van der Waals surface area contributed by atoms with Crippen LogP contribution in [0.3, 0.4) is 0 Å². The average Bonchev–Trinajstić information content (AvgIpc) is 3.77. The molecule has 0 unspecified atom stereocenters. The summed E-state index contributed by atoms with van der Waals surface area (Å²) in [4.78, 5) is 30.8. The monoisotopic (exact) mass is 524 g/mol. The third kappa shape index (κ3) is 5.54. The Hall–Kier alpha value is -3.64. The Labute approximate surface area is 215 Å². The van der Waals surface area contributed by atoms with Gasteiger partial charge in [-0.3, -0.25) is 14.5 Å². The molecular weight excluding hydrogens is 496 g/mol. The minimum atomic E-state index is -3.53. The highest BCUT2D eigenvalue weighted by molar-refractivity contribution is 7.93. The summed E-state index contributed by atoms with van der Waals surface area (Å²) in [6, 6.07) is 8.95. The highest BCUT2D eigenvalue weighted by atomic mass is 32.2. The SMILES string of the molecule is CCOc1cncc(-c2ccc(NC(=O)C3(c4ccnc(NS(=O)(=O)C5CC5)n4)CCOCC3)cc2)n1. The van der Waals surface area contributed by atoms with Crippen molar-refractivity contribution in [2.24, 2.45) is 0 Å². The number of rotatable bonds is 9. The van der Waals surface area contributed by atoms with Crippen LogP contribution in [0.1, 0.15) is 38.3 Å². The largest absolute Gasteiger partial charge is 0.477 e. The zero-order valence-electron chi connectivity index (χ0n) is 20.4. The molecule has 0 atom stereocenters. The molecule has 2 aliphatic rings. The van der Waals surface area contributed by atoms with Gasteiger partial charge in [0.05, 0.1) is 41.1 Å². The van der Waals surface area contributed by atoms with Crippen LogP contribution in [0.4, 0.5) is 11.6 Å². The van der Waals surface area contributed by atoms with E-state index < -0.39 is 20.7 Å². The topological polar surface area (TPSA) is 145 Å². The van der Waals surface area contributed by atoms with Crippen LogP contribution >= 0.6 is 0 Å². The molecule has 1 amide bonds. The van der Waals surface area contributed by atoms with Gasteiger partial charge in [0.1, 0.15) is 0 Å². The second-order valence-corrected chi connectivity index (χ2v) is 11.0. The number of carbonyl (C=O) groups excluding carboxylic acids is 1. The maximum absolute atomic E-state index is 13.7. The number of nitrogens with one attached hydrogen (secondary N) is 2. The molecule has 2 aromatic heterocycles. The molecule has 3 heterocycles. The molecule has 2 N–H and O–H groups in total. The first kappa shape index (κ1) is 25.0. The summed E-state index contributed by atoms with van der Waals surface area (Å²) in [6.45, 7) is 3.14. The van der Waals surface area contributed by atoms with Crippen LogP contribution in [0, 0.1) is 0 Å². The van der Waals surface area contributed by atoms with E-state index in [-0.39, 0.29) is 11.9 Å². The molecule has 11 nitrogen and oxygen atoms in total. The van der Waals surface area contributed by atoms with Crippen molar-refractivity contribution in [3.8, 4) is 17.1 Å². The Morgan fingerprint density at radius 3 is 2.57 bits per heavy atom. The van der Waals surface area contributed by atoms with Crippen molar-refractivity contribution in [2.75, 3.05) is 29.9 Å². The summed E-state index contributed by atoms with van der Waals surface area (Å²) < 4.78 is 38.2. The van der Waals surface area contributed by atoms with Crippen LogP contribution in [0.5, 0.6) is 5.88 Å². The van der Waals surface area contributed by atoms with E-state index in [9.17, 15) is 13.2 Å². The number of ether oxygens (including phenoxy) is 2. The van der Waals surface area contributed by atoms with Gasteiger partial charge in [0, 0.05) is 30.7 Å². The van der Waals surface area contributed by atoms with E-state index in [1.807, 2.05) is 19.1 Å². The van der Waals surface area contributed by atoms with Gasteiger partial charge in [0.25, 0.3) is 0 Å². The van der Waals surface area contributed by atoms with Crippen molar-refractivity contribution in [3.63, 3.8) is 0 Å². The van der Waals surface area contributed by atoms with Crippen LogP contribution in [0.2, 0.25) is 0 Å². The predicted molar refractivity (Wildman–Crippen MR) is 137 cm³/mol. The smallest absolute Gasteiger partial charge is 0.237 e. The zero-order valence-corrected chi connectivity index (χ0v) is 21.2. The number of benzene rings is 1. The Morgan fingerprint density at radius 1 is 1.11 bits per heavy atom. The summed E-state index contributed by atoms with van der Waals surface area (Å²) >= 11 is 0. The normalized spacial score (nSPS) is 17.1. The number of nitrogens with zero attached hydrogens (tertiary/aromatic N) is 4. The van der Waals surface area contributed by atoms with Gasteiger partial charge >= 0.3 is 0 Å². The summed E-state index contributed by atoms with van der Waals surface area (Å²) in [6.07, 6.45) is 6.75. The fourth-order valence-electron chi connectivity index (χ4n) is 4.26. The molecule has 194 valence electrons. The molecule has 5 rings (SSSR count). The molecule has 1 aromatic carbocycles. The number of sulfonamides is 1. The van der Waals surface area contributed by atoms with Crippen molar-refractivity contribution < 1.29 is 22.7 Å². The first-order valence-electron chi connectivity index (χ1n) is 12.2. The second-order valence-electron chi connectivity index (χ2n) is 9.01. The van der Waals surface area contributed by atoms with Crippen molar-refractivity contribution in [1.29, 1.82) is 0 Å². The Kier molecular flexibility index (Phi) is 7.02. The first-order valence-corrected chi connectivity index (χ1v) is 13.7. The summed E-state index contributed by atoms with van der Waals surface area (Å²) in [5.74, 6) is 0.182. The maximum Gasteiger partial charge on any atom is 0.237 e. The Balaban J connectivity index is 1.36.